The molecule has 1 atom stereocenters. The molecule has 0 fully saturated rings. The van der Waals surface area contributed by atoms with Crippen LogP contribution in [0.15, 0.2) is 4.99 Å². The maximum atomic E-state index is 5.37. The third-order valence-electron chi connectivity index (χ3n) is 0.833. The molecule has 1 unspecified atom stereocenters. The van der Waals surface area contributed by atoms with Crippen LogP contribution < -0.4 is 11.2 Å². The van der Waals surface area contributed by atoms with Crippen molar-refractivity contribution in [3.05, 3.63) is 0 Å². The molecule has 1 aliphatic rings. The first kappa shape index (κ1) is 5.53. The van der Waals surface area contributed by atoms with Gasteiger partial charge in [-0.3, -0.25) is 10.3 Å². The Hall–Kier alpha value is -0.610. The van der Waals surface area contributed by atoms with Gasteiger partial charge in [0, 0.05) is 0 Å². The molecule has 0 radical (unpaired) electrons. The normalized spacial score (nSPS) is 28.8. The summed E-state index contributed by atoms with van der Waals surface area (Å²) in [4.78, 5) is 8.73. The van der Waals surface area contributed by atoms with E-state index in [0.29, 0.717) is 6.61 Å². The first-order valence-electron chi connectivity index (χ1n) is 2.47. The summed E-state index contributed by atoms with van der Waals surface area (Å²) in [5.74, 6) is 0.740. The van der Waals surface area contributed by atoms with Crippen LogP contribution in [0.4, 0.5) is 0 Å². The fourth-order valence-corrected chi connectivity index (χ4v) is 0.544. The molecule has 0 saturated carbocycles. The Balaban J connectivity index is 2.50. The van der Waals surface area contributed by atoms with Crippen molar-refractivity contribution in [2.45, 2.75) is 13.1 Å². The van der Waals surface area contributed by atoms with Crippen LogP contribution in [-0.4, -0.2) is 18.6 Å². The zero-order valence-electron chi connectivity index (χ0n) is 4.72. The van der Waals surface area contributed by atoms with E-state index < -0.39 is 0 Å². The van der Waals surface area contributed by atoms with Crippen LogP contribution in [0.2, 0.25) is 0 Å². The molecule has 0 bridgehead atoms. The van der Waals surface area contributed by atoms with Crippen molar-refractivity contribution in [2.75, 3.05) is 6.61 Å². The highest BCUT2D eigenvalue weighted by Crippen LogP contribution is 1.88. The van der Waals surface area contributed by atoms with Crippen molar-refractivity contribution in [1.29, 1.82) is 0 Å². The van der Waals surface area contributed by atoms with Crippen LogP contribution in [0.25, 0.3) is 0 Å². The SMILES string of the molecule is CC1=NC(N)CON1. The molecule has 0 amide bonds. The number of hydrogen-bond acceptors (Lipinski definition) is 4. The molecule has 1 heterocycles. The molecule has 46 valence electrons. The molecule has 1 rings (SSSR count). The van der Waals surface area contributed by atoms with E-state index in [-0.39, 0.29) is 6.17 Å². The quantitative estimate of drug-likeness (QED) is 0.435. The Morgan fingerprint density at radius 3 is 3.12 bits per heavy atom. The number of nitrogens with two attached hydrogens (primary N) is 1. The molecule has 4 heteroatoms. The topological polar surface area (TPSA) is 59.6 Å². The smallest absolute Gasteiger partial charge is 0.125 e. The summed E-state index contributed by atoms with van der Waals surface area (Å²) in [6.45, 7) is 2.26. The van der Waals surface area contributed by atoms with Gasteiger partial charge < -0.3 is 5.73 Å². The Morgan fingerprint density at radius 2 is 2.75 bits per heavy atom. The van der Waals surface area contributed by atoms with E-state index >= 15 is 0 Å². The van der Waals surface area contributed by atoms with E-state index in [1.807, 2.05) is 0 Å². The Bertz CT molecular complexity index is 112. The lowest BCUT2D eigenvalue weighted by atomic mass is 10.5. The Morgan fingerprint density at radius 1 is 2.00 bits per heavy atom. The standard InChI is InChI=1S/C4H9N3O/c1-3-6-4(5)2-8-7-3/h4H,2,5H2,1H3,(H,6,7). The fourth-order valence-electron chi connectivity index (χ4n) is 0.544. The number of hydroxylamine groups is 1. The summed E-state index contributed by atoms with van der Waals surface area (Å²) >= 11 is 0. The van der Waals surface area contributed by atoms with E-state index in [0.717, 1.165) is 5.84 Å². The Labute approximate surface area is 47.7 Å². The first-order chi connectivity index (χ1) is 3.79. The highest BCUT2D eigenvalue weighted by molar-refractivity contribution is 5.78. The highest BCUT2D eigenvalue weighted by atomic mass is 16.6. The van der Waals surface area contributed by atoms with Gasteiger partial charge in [0.2, 0.25) is 0 Å². The molecule has 1 aliphatic heterocycles. The number of rotatable bonds is 0. The monoisotopic (exact) mass is 115 g/mol. The molecule has 0 aromatic rings. The van der Waals surface area contributed by atoms with Gasteiger partial charge in [0.1, 0.15) is 18.6 Å². The van der Waals surface area contributed by atoms with Crippen molar-refractivity contribution in [2.24, 2.45) is 10.7 Å². The number of amidine groups is 1. The van der Waals surface area contributed by atoms with Crippen molar-refractivity contribution < 1.29 is 4.84 Å². The third-order valence-corrected chi connectivity index (χ3v) is 0.833. The number of nitrogens with zero attached hydrogens (tertiary/aromatic N) is 1. The molecule has 8 heavy (non-hydrogen) atoms. The average Bonchev–Trinajstić information content (AvgIpc) is 1.64. The molecule has 0 spiro atoms. The lowest BCUT2D eigenvalue weighted by molar-refractivity contribution is 0.0626. The molecular formula is C4H9N3O. The van der Waals surface area contributed by atoms with Gasteiger partial charge in [-0.25, -0.2) is 4.99 Å². The molecule has 4 nitrogen and oxygen atoms in total. The predicted octanol–water partition coefficient (Wildman–Crippen LogP) is -0.776. The van der Waals surface area contributed by atoms with Crippen LogP contribution in [0.1, 0.15) is 6.92 Å². The van der Waals surface area contributed by atoms with Gasteiger partial charge in [-0.1, -0.05) is 0 Å². The second kappa shape index (κ2) is 2.11. The number of nitrogens with one attached hydrogen (secondary N) is 1. The van der Waals surface area contributed by atoms with Crippen LogP contribution in [0.3, 0.4) is 0 Å². The fraction of sp³-hybridized carbons (Fsp3) is 0.750. The van der Waals surface area contributed by atoms with Crippen molar-refractivity contribution in [3.8, 4) is 0 Å². The van der Waals surface area contributed by atoms with Crippen molar-refractivity contribution in [3.63, 3.8) is 0 Å². The highest BCUT2D eigenvalue weighted by Gasteiger charge is 2.05. The first-order valence-corrected chi connectivity index (χ1v) is 2.47. The minimum atomic E-state index is -0.184. The summed E-state index contributed by atoms with van der Waals surface area (Å²) in [5.41, 5.74) is 7.96. The van der Waals surface area contributed by atoms with E-state index in [9.17, 15) is 0 Å². The van der Waals surface area contributed by atoms with Crippen LogP contribution >= 0.6 is 0 Å². The van der Waals surface area contributed by atoms with Crippen molar-refractivity contribution >= 4 is 5.84 Å². The summed E-state index contributed by atoms with van der Waals surface area (Å²) in [7, 11) is 0. The molecule has 3 N–H and O–H groups in total. The largest absolute Gasteiger partial charge is 0.308 e. The maximum Gasteiger partial charge on any atom is 0.125 e. The van der Waals surface area contributed by atoms with Gasteiger partial charge in [-0.2, -0.15) is 0 Å². The summed E-state index contributed by atoms with van der Waals surface area (Å²) in [6, 6.07) is 0. The second-order valence-electron chi connectivity index (χ2n) is 1.69. The van der Waals surface area contributed by atoms with E-state index in [2.05, 4.69) is 10.5 Å². The molecule has 0 aromatic carbocycles. The second-order valence-corrected chi connectivity index (χ2v) is 1.69. The van der Waals surface area contributed by atoms with Crippen molar-refractivity contribution in [1.82, 2.24) is 5.48 Å². The molecule has 0 aliphatic carbocycles. The summed E-state index contributed by atoms with van der Waals surface area (Å²) < 4.78 is 0. The van der Waals surface area contributed by atoms with Gasteiger partial charge in [-0.05, 0) is 6.92 Å². The van der Waals surface area contributed by atoms with E-state index in [1.54, 1.807) is 6.92 Å². The summed E-state index contributed by atoms with van der Waals surface area (Å²) in [5, 5.41) is 0. The zero-order valence-corrected chi connectivity index (χ0v) is 4.72. The van der Waals surface area contributed by atoms with Gasteiger partial charge in [0.25, 0.3) is 0 Å². The zero-order chi connectivity index (χ0) is 5.98. The summed E-state index contributed by atoms with van der Waals surface area (Å²) in [6.07, 6.45) is -0.184. The minimum absolute atomic E-state index is 0.184. The average molecular weight is 115 g/mol. The number of aliphatic imine (C=N–C) groups is 1. The maximum absolute atomic E-state index is 5.37. The van der Waals surface area contributed by atoms with Gasteiger partial charge in [-0.15, -0.1) is 0 Å². The van der Waals surface area contributed by atoms with Crippen LogP contribution in [0.5, 0.6) is 0 Å². The van der Waals surface area contributed by atoms with E-state index in [4.69, 9.17) is 10.6 Å². The van der Waals surface area contributed by atoms with Gasteiger partial charge in [0.05, 0.1) is 0 Å². The lowest BCUT2D eigenvalue weighted by Gasteiger charge is -2.15. The lowest BCUT2D eigenvalue weighted by Crippen LogP contribution is -2.37. The van der Waals surface area contributed by atoms with Gasteiger partial charge >= 0.3 is 0 Å². The molecule has 0 aromatic heterocycles. The number of hydrogen-bond donors (Lipinski definition) is 2. The third kappa shape index (κ3) is 1.18. The van der Waals surface area contributed by atoms with Gasteiger partial charge in [0.15, 0.2) is 0 Å². The van der Waals surface area contributed by atoms with Crippen LogP contribution in [-0.2, 0) is 4.84 Å². The van der Waals surface area contributed by atoms with Crippen LogP contribution in [0, 0.1) is 0 Å². The molecular weight excluding hydrogens is 106 g/mol. The Kier molecular flexibility index (Phi) is 1.45. The molecule has 0 saturated heterocycles. The predicted molar refractivity (Wildman–Crippen MR) is 30.2 cm³/mol. The van der Waals surface area contributed by atoms with E-state index in [1.165, 1.54) is 0 Å². The minimum Gasteiger partial charge on any atom is -0.308 e.